The number of hydrogen-bond donors (Lipinski definition) is 1. The number of nitrogens with zero attached hydrogens (tertiary/aromatic N) is 1. The summed E-state index contributed by atoms with van der Waals surface area (Å²) in [6, 6.07) is 0.686. The molecule has 0 bridgehead atoms. The normalized spacial score (nSPS) is 20.4. The molecule has 0 saturated heterocycles. The molecule has 0 aliphatic heterocycles. The van der Waals surface area contributed by atoms with Crippen LogP contribution in [0, 0.1) is 5.41 Å². The van der Waals surface area contributed by atoms with Crippen molar-refractivity contribution in [3.05, 3.63) is 0 Å². The molecule has 1 N–H and O–H groups in total. The average molecular weight is 234 g/mol. The molecule has 0 aromatic heterocycles. The fraction of sp³-hybridized carbons (Fsp3) is 1.00. The monoisotopic (exact) mass is 234 g/mol. The Hall–Kier alpha value is -0.220. The number of hydrogen-bond acceptors (Lipinski definition) is 2. The minimum absolute atomic E-state index is 0.103. The van der Waals surface area contributed by atoms with Gasteiger partial charge in [-0.2, -0.15) is 0 Å². The van der Waals surface area contributed by atoms with E-state index in [4.69, 9.17) is 0 Å². The van der Waals surface area contributed by atoms with Crippen molar-refractivity contribution in [2.75, 3.05) is 26.7 Å². The molecule has 1 rings (SSSR count). The summed E-state index contributed by atoms with van der Waals surface area (Å²) in [7, 11) is 1.77. The Morgan fingerprint density at radius 2 is 2.06 bits per heavy atom. The van der Waals surface area contributed by atoms with Crippen LogP contribution in [0.5, 0.6) is 0 Å². The Labute approximate surface area is 97.4 Å². The summed E-state index contributed by atoms with van der Waals surface area (Å²) >= 11 is 0. The van der Waals surface area contributed by atoms with Crippen molar-refractivity contribution in [1.82, 2.24) is 10.2 Å². The van der Waals surface area contributed by atoms with E-state index in [0.29, 0.717) is 6.04 Å². The van der Waals surface area contributed by atoms with Crippen LogP contribution in [-0.4, -0.2) is 44.0 Å². The molecule has 0 radical (unpaired) electrons. The summed E-state index contributed by atoms with van der Waals surface area (Å²) in [4.78, 5) is 1.74. The van der Waals surface area contributed by atoms with Gasteiger partial charge in [0, 0.05) is 19.1 Å². The van der Waals surface area contributed by atoms with Gasteiger partial charge in [-0.05, 0) is 31.7 Å². The third kappa shape index (κ3) is 5.21. The molecule has 0 aromatic carbocycles. The molecule has 0 spiro atoms. The van der Waals surface area contributed by atoms with Crippen LogP contribution in [-0.2, 0) is 0 Å². The zero-order valence-corrected chi connectivity index (χ0v) is 10.6. The molecule has 1 saturated carbocycles. The van der Waals surface area contributed by atoms with Gasteiger partial charge in [0.2, 0.25) is 0 Å². The Morgan fingerprint density at radius 1 is 1.44 bits per heavy atom. The lowest BCUT2D eigenvalue weighted by Gasteiger charge is -2.33. The van der Waals surface area contributed by atoms with Crippen molar-refractivity contribution in [2.24, 2.45) is 5.41 Å². The summed E-state index contributed by atoms with van der Waals surface area (Å²) in [5, 5.41) is 3.49. The first kappa shape index (κ1) is 13.8. The molecule has 1 unspecified atom stereocenters. The summed E-state index contributed by atoms with van der Waals surface area (Å²) in [6.07, 6.45) is 1.32. The third-order valence-corrected chi connectivity index (χ3v) is 3.35. The summed E-state index contributed by atoms with van der Waals surface area (Å²) < 4.78 is 24.5. The van der Waals surface area contributed by atoms with Crippen molar-refractivity contribution < 1.29 is 8.78 Å². The maximum atomic E-state index is 12.2. The van der Waals surface area contributed by atoms with Crippen LogP contribution in [0.25, 0.3) is 0 Å². The first-order valence-corrected chi connectivity index (χ1v) is 6.15. The van der Waals surface area contributed by atoms with Gasteiger partial charge in [0.1, 0.15) is 0 Å². The van der Waals surface area contributed by atoms with Crippen LogP contribution in [0.2, 0.25) is 0 Å². The van der Waals surface area contributed by atoms with Crippen LogP contribution in [0.15, 0.2) is 0 Å². The van der Waals surface area contributed by atoms with Gasteiger partial charge in [-0.15, -0.1) is 0 Å². The lowest BCUT2D eigenvalue weighted by molar-refractivity contribution is 0.0773. The minimum atomic E-state index is -2.23. The Balaban J connectivity index is 2.31. The number of rotatable bonds is 8. The highest BCUT2D eigenvalue weighted by Crippen LogP contribution is 2.25. The van der Waals surface area contributed by atoms with Crippen LogP contribution in [0.1, 0.15) is 33.1 Å². The fourth-order valence-electron chi connectivity index (χ4n) is 1.92. The maximum absolute atomic E-state index is 12.2. The standard InChI is InChI=1S/C12H24F2N2/c1-4-12(2,8-15-10-5-6-10)9-16(3)7-11(13)14/h10-11,15H,4-9H2,1-3H3. The van der Waals surface area contributed by atoms with Gasteiger partial charge in [0.05, 0.1) is 6.54 Å². The molecule has 0 heterocycles. The van der Waals surface area contributed by atoms with Gasteiger partial charge in [-0.1, -0.05) is 13.8 Å². The zero-order valence-electron chi connectivity index (χ0n) is 10.6. The van der Waals surface area contributed by atoms with E-state index < -0.39 is 6.43 Å². The second kappa shape index (κ2) is 5.92. The SMILES string of the molecule is CCC(C)(CNC1CC1)CN(C)CC(F)F. The third-order valence-electron chi connectivity index (χ3n) is 3.35. The molecule has 1 aliphatic carbocycles. The summed E-state index contributed by atoms with van der Waals surface area (Å²) in [5.74, 6) is 0. The van der Waals surface area contributed by atoms with E-state index in [1.807, 2.05) is 0 Å². The highest BCUT2D eigenvalue weighted by atomic mass is 19.3. The number of nitrogens with one attached hydrogen (secondary N) is 1. The van der Waals surface area contributed by atoms with Crippen LogP contribution >= 0.6 is 0 Å². The molecular formula is C12H24F2N2. The van der Waals surface area contributed by atoms with E-state index in [1.165, 1.54) is 12.8 Å². The summed E-state index contributed by atoms with van der Waals surface area (Å²) in [5.41, 5.74) is 0.103. The van der Waals surface area contributed by atoms with Crippen molar-refractivity contribution >= 4 is 0 Å². The summed E-state index contributed by atoms with van der Waals surface area (Å²) in [6.45, 7) is 5.84. The maximum Gasteiger partial charge on any atom is 0.251 e. The topological polar surface area (TPSA) is 15.3 Å². The van der Waals surface area contributed by atoms with Crippen LogP contribution in [0.4, 0.5) is 8.78 Å². The van der Waals surface area contributed by atoms with Gasteiger partial charge in [-0.25, -0.2) is 8.78 Å². The highest BCUT2D eigenvalue weighted by Gasteiger charge is 2.28. The fourth-order valence-corrected chi connectivity index (χ4v) is 1.92. The van der Waals surface area contributed by atoms with E-state index in [1.54, 1.807) is 11.9 Å². The molecular weight excluding hydrogens is 210 g/mol. The van der Waals surface area contributed by atoms with E-state index in [9.17, 15) is 8.78 Å². The van der Waals surface area contributed by atoms with Gasteiger partial charge in [0.25, 0.3) is 6.43 Å². The number of alkyl halides is 2. The lowest BCUT2D eigenvalue weighted by atomic mass is 9.87. The van der Waals surface area contributed by atoms with Crippen molar-refractivity contribution in [3.8, 4) is 0 Å². The smallest absolute Gasteiger partial charge is 0.251 e. The van der Waals surface area contributed by atoms with Crippen molar-refractivity contribution in [1.29, 1.82) is 0 Å². The molecule has 1 aliphatic rings. The molecule has 1 atom stereocenters. The molecule has 16 heavy (non-hydrogen) atoms. The van der Waals surface area contributed by atoms with Gasteiger partial charge < -0.3 is 10.2 Å². The van der Waals surface area contributed by atoms with Gasteiger partial charge in [-0.3, -0.25) is 0 Å². The molecule has 0 aromatic rings. The Bertz CT molecular complexity index is 207. The van der Waals surface area contributed by atoms with Gasteiger partial charge in [0.15, 0.2) is 0 Å². The Kier molecular flexibility index (Phi) is 5.12. The predicted molar refractivity (Wildman–Crippen MR) is 62.9 cm³/mol. The molecule has 96 valence electrons. The van der Waals surface area contributed by atoms with Crippen molar-refractivity contribution in [3.63, 3.8) is 0 Å². The van der Waals surface area contributed by atoms with Crippen LogP contribution in [0.3, 0.4) is 0 Å². The first-order chi connectivity index (χ1) is 7.45. The lowest BCUT2D eigenvalue weighted by Crippen LogP contribution is -2.42. The van der Waals surface area contributed by atoms with E-state index in [0.717, 1.165) is 19.5 Å². The molecule has 0 amide bonds. The largest absolute Gasteiger partial charge is 0.313 e. The average Bonchev–Trinajstić information content (AvgIpc) is 2.96. The zero-order chi connectivity index (χ0) is 12.2. The molecule has 4 heteroatoms. The quantitative estimate of drug-likeness (QED) is 0.693. The van der Waals surface area contributed by atoms with E-state index in [-0.39, 0.29) is 12.0 Å². The van der Waals surface area contributed by atoms with Crippen molar-refractivity contribution in [2.45, 2.75) is 45.6 Å². The molecule has 2 nitrogen and oxygen atoms in total. The predicted octanol–water partition coefficient (Wildman–Crippen LogP) is 2.35. The number of halogens is 2. The second-order valence-electron chi connectivity index (χ2n) is 5.41. The minimum Gasteiger partial charge on any atom is -0.313 e. The van der Waals surface area contributed by atoms with E-state index >= 15 is 0 Å². The van der Waals surface area contributed by atoms with E-state index in [2.05, 4.69) is 19.2 Å². The first-order valence-electron chi connectivity index (χ1n) is 6.15. The Morgan fingerprint density at radius 3 is 2.50 bits per heavy atom. The second-order valence-corrected chi connectivity index (χ2v) is 5.41. The molecule has 1 fully saturated rings. The van der Waals surface area contributed by atoms with Gasteiger partial charge >= 0.3 is 0 Å². The highest BCUT2D eigenvalue weighted by molar-refractivity contribution is 4.86. The van der Waals surface area contributed by atoms with Crippen LogP contribution < -0.4 is 5.32 Å².